The third-order valence-electron chi connectivity index (χ3n) is 2.92. The fourth-order valence-corrected chi connectivity index (χ4v) is 1.92. The van der Waals surface area contributed by atoms with Gasteiger partial charge in [-0.25, -0.2) is 9.37 Å². The summed E-state index contributed by atoms with van der Waals surface area (Å²) in [5.74, 6) is -2.53. The molecule has 0 aliphatic heterocycles. The molecule has 1 aromatic heterocycles. The number of benzene rings is 1. The van der Waals surface area contributed by atoms with Gasteiger partial charge in [0, 0.05) is 18.8 Å². The van der Waals surface area contributed by atoms with E-state index in [1.54, 1.807) is 0 Å². The number of rotatable bonds is 5. The Labute approximate surface area is 145 Å². The third kappa shape index (κ3) is 5.43. The molecule has 2 aromatic rings. The summed E-state index contributed by atoms with van der Waals surface area (Å²) < 4.78 is 55.0. The van der Waals surface area contributed by atoms with E-state index in [4.69, 9.17) is 0 Å². The number of nitrogens with zero attached hydrogens (tertiary/aromatic N) is 1. The first-order chi connectivity index (χ1) is 12.2. The molecular formula is C16H13F4N3O3. The van der Waals surface area contributed by atoms with E-state index in [0.29, 0.717) is 0 Å². The molecule has 0 spiro atoms. The van der Waals surface area contributed by atoms with Gasteiger partial charge in [0.25, 0.3) is 5.91 Å². The van der Waals surface area contributed by atoms with Crippen molar-refractivity contribution in [3.05, 3.63) is 47.9 Å². The lowest BCUT2D eigenvalue weighted by Gasteiger charge is -2.12. The quantitative estimate of drug-likeness (QED) is 0.790. The molecule has 0 aliphatic carbocycles. The Morgan fingerprint density at radius 2 is 1.92 bits per heavy atom. The van der Waals surface area contributed by atoms with Crippen LogP contribution in [0.2, 0.25) is 0 Å². The van der Waals surface area contributed by atoms with Gasteiger partial charge in [0.2, 0.25) is 11.8 Å². The summed E-state index contributed by atoms with van der Waals surface area (Å²) in [6.45, 7) is -0.419. The first-order valence-corrected chi connectivity index (χ1v) is 7.19. The third-order valence-corrected chi connectivity index (χ3v) is 2.92. The van der Waals surface area contributed by atoms with Crippen molar-refractivity contribution in [3.8, 4) is 5.88 Å². The van der Waals surface area contributed by atoms with E-state index in [9.17, 15) is 27.2 Å². The van der Waals surface area contributed by atoms with Crippen molar-refractivity contribution in [1.82, 2.24) is 4.98 Å². The average molecular weight is 371 g/mol. The van der Waals surface area contributed by atoms with Crippen LogP contribution >= 0.6 is 0 Å². The lowest BCUT2D eigenvalue weighted by atomic mass is 10.2. The van der Waals surface area contributed by atoms with Gasteiger partial charge in [-0.15, -0.1) is 0 Å². The summed E-state index contributed by atoms with van der Waals surface area (Å²) in [5.41, 5.74) is -0.275. The highest BCUT2D eigenvalue weighted by atomic mass is 19.4. The number of nitrogens with one attached hydrogen (secondary N) is 2. The number of aromatic nitrogens is 1. The van der Waals surface area contributed by atoms with E-state index in [1.807, 2.05) is 0 Å². The van der Waals surface area contributed by atoms with Crippen LogP contribution in [0.25, 0.3) is 0 Å². The van der Waals surface area contributed by atoms with E-state index >= 15 is 0 Å². The van der Waals surface area contributed by atoms with Crippen LogP contribution in [-0.4, -0.2) is 29.6 Å². The molecule has 2 amide bonds. The number of hydrogen-bond acceptors (Lipinski definition) is 4. The first-order valence-electron chi connectivity index (χ1n) is 7.19. The van der Waals surface area contributed by atoms with Crippen molar-refractivity contribution >= 4 is 23.2 Å². The maximum absolute atomic E-state index is 13.6. The number of anilines is 2. The smallest absolute Gasteiger partial charge is 0.422 e. The first kappa shape index (κ1) is 19.2. The van der Waals surface area contributed by atoms with Crippen LogP contribution in [0.15, 0.2) is 36.5 Å². The van der Waals surface area contributed by atoms with Gasteiger partial charge in [-0.3, -0.25) is 9.59 Å². The van der Waals surface area contributed by atoms with E-state index in [-0.39, 0.29) is 16.9 Å². The molecule has 6 nitrogen and oxygen atoms in total. The van der Waals surface area contributed by atoms with Gasteiger partial charge < -0.3 is 15.4 Å². The largest absolute Gasteiger partial charge is 0.467 e. The lowest BCUT2D eigenvalue weighted by molar-refractivity contribution is -0.154. The van der Waals surface area contributed by atoms with Crippen LogP contribution in [0.5, 0.6) is 5.88 Å². The topological polar surface area (TPSA) is 80.3 Å². The molecule has 2 N–H and O–H groups in total. The molecule has 1 aromatic carbocycles. The molecule has 0 radical (unpaired) electrons. The predicted octanol–water partition coefficient (Wildman–Crippen LogP) is 3.37. The molecule has 0 saturated heterocycles. The van der Waals surface area contributed by atoms with Gasteiger partial charge in [-0.05, 0) is 30.3 Å². The Morgan fingerprint density at radius 3 is 2.58 bits per heavy atom. The SMILES string of the molecule is CC(=O)Nc1cc(NC(=O)c2cccnc2OCC(F)(F)F)ccc1F. The van der Waals surface area contributed by atoms with E-state index in [2.05, 4.69) is 20.4 Å². The minimum atomic E-state index is -4.59. The molecule has 2 rings (SSSR count). The Bertz CT molecular complexity index is 825. The van der Waals surface area contributed by atoms with Crippen molar-refractivity contribution < 1.29 is 31.9 Å². The summed E-state index contributed by atoms with van der Waals surface area (Å²) in [5, 5.41) is 4.63. The highest BCUT2D eigenvalue weighted by Gasteiger charge is 2.29. The van der Waals surface area contributed by atoms with Crippen LogP contribution in [-0.2, 0) is 4.79 Å². The fraction of sp³-hybridized carbons (Fsp3) is 0.188. The molecule has 0 atom stereocenters. The summed E-state index contributed by atoms with van der Waals surface area (Å²) in [6.07, 6.45) is -3.41. The number of alkyl halides is 3. The van der Waals surface area contributed by atoms with Gasteiger partial charge in [-0.2, -0.15) is 13.2 Å². The number of hydrogen-bond donors (Lipinski definition) is 2. The summed E-state index contributed by atoms with van der Waals surface area (Å²) in [7, 11) is 0. The molecule has 10 heteroatoms. The second kappa shape index (κ2) is 7.81. The molecule has 138 valence electrons. The van der Waals surface area contributed by atoms with Gasteiger partial charge >= 0.3 is 6.18 Å². The maximum atomic E-state index is 13.6. The fourth-order valence-electron chi connectivity index (χ4n) is 1.92. The van der Waals surface area contributed by atoms with Gasteiger partial charge in [0.15, 0.2) is 6.61 Å². The zero-order valence-corrected chi connectivity index (χ0v) is 13.4. The van der Waals surface area contributed by atoms with Crippen LogP contribution < -0.4 is 15.4 Å². The van der Waals surface area contributed by atoms with E-state index in [0.717, 1.165) is 6.07 Å². The van der Waals surface area contributed by atoms with Crippen molar-refractivity contribution in [3.63, 3.8) is 0 Å². The molecule has 0 unspecified atom stereocenters. The molecule has 26 heavy (non-hydrogen) atoms. The van der Waals surface area contributed by atoms with Crippen molar-refractivity contribution in [1.29, 1.82) is 0 Å². The summed E-state index contributed by atoms with van der Waals surface area (Å²) in [6, 6.07) is 5.99. The van der Waals surface area contributed by atoms with Crippen LogP contribution in [0.3, 0.4) is 0 Å². The molecule has 1 heterocycles. The predicted molar refractivity (Wildman–Crippen MR) is 84.4 cm³/mol. The minimum Gasteiger partial charge on any atom is -0.467 e. The monoisotopic (exact) mass is 371 g/mol. The molecule has 0 bridgehead atoms. The van der Waals surface area contributed by atoms with Gasteiger partial charge in [-0.1, -0.05) is 0 Å². The molecular weight excluding hydrogens is 358 g/mol. The Balaban J connectivity index is 2.19. The van der Waals surface area contributed by atoms with Gasteiger partial charge in [0.05, 0.1) is 5.69 Å². The van der Waals surface area contributed by atoms with Crippen LogP contribution in [0.1, 0.15) is 17.3 Å². The molecule has 0 aliphatic rings. The van der Waals surface area contributed by atoms with Crippen molar-refractivity contribution in [2.24, 2.45) is 0 Å². The number of carbonyl (C=O) groups is 2. The zero-order chi connectivity index (χ0) is 19.3. The Morgan fingerprint density at radius 1 is 1.19 bits per heavy atom. The summed E-state index contributed by atoms with van der Waals surface area (Å²) >= 11 is 0. The number of amides is 2. The van der Waals surface area contributed by atoms with Crippen molar-refractivity contribution in [2.75, 3.05) is 17.2 Å². The van der Waals surface area contributed by atoms with E-state index < -0.39 is 36.3 Å². The molecule has 0 saturated carbocycles. The second-order valence-electron chi connectivity index (χ2n) is 5.09. The van der Waals surface area contributed by atoms with Crippen molar-refractivity contribution in [2.45, 2.75) is 13.1 Å². The highest BCUT2D eigenvalue weighted by Crippen LogP contribution is 2.23. The Hall–Kier alpha value is -3.17. The standard InChI is InChI=1S/C16H13F4N3O3/c1-9(24)22-13-7-10(4-5-12(13)17)23-14(25)11-3-2-6-21-15(11)26-8-16(18,19)20/h2-7H,8H2,1H3,(H,22,24)(H,23,25). The lowest BCUT2D eigenvalue weighted by Crippen LogP contribution is -2.22. The van der Waals surface area contributed by atoms with E-state index in [1.165, 1.54) is 37.4 Å². The Kier molecular flexibility index (Phi) is 5.75. The highest BCUT2D eigenvalue weighted by molar-refractivity contribution is 6.06. The molecule has 0 fully saturated rings. The number of halogens is 4. The average Bonchev–Trinajstić information content (AvgIpc) is 2.55. The minimum absolute atomic E-state index is 0.116. The maximum Gasteiger partial charge on any atom is 0.422 e. The normalized spacial score (nSPS) is 11.0. The van der Waals surface area contributed by atoms with Gasteiger partial charge in [0.1, 0.15) is 11.4 Å². The summed E-state index contributed by atoms with van der Waals surface area (Å²) in [4.78, 5) is 26.9. The van der Waals surface area contributed by atoms with Crippen LogP contribution in [0.4, 0.5) is 28.9 Å². The number of ether oxygens (including phenoxy) is 1. The zero-order valence-electron chi connectivity index (χ0n) is 13.4. The second-order valence-corrected chi connectivity index (χ2v) is 5.09. The number of pyridine rings is 1. The number of carbonyl (C=O) groups excluding carboxylic acids is 2. The van der Waals surface area contributed by atoms with Crippen LogP contribution in [0, 0.1) is 5.82 Å².